The first-order chi connectivity index (χ1) is 5.29. The molecule has 0 amide bonds. The van der Waals surface area contributed by atoms with Crippen LogP contribution >= 0.6 is 11.3 Å². The zero-order valence-corrected chi connectivity index (χ0v) is 6.94. The third-order valence-corrected chi connectivity index (χ3v) is 1.99. The summed E-state index contributed by atoms with van der Waals surface area (Å²) in [5, 5.41) is 10.9. The molecule has 4 heteroatoms. The van der Waals surface area contributed by atoms with Crippen LogP contribution in [0.25, 0.3) is 0 Å². The highest BCUT2D eigenvalue weighted by atomic mass is 32.1. The highest BCUT2D eigenvalue weighted by molar-refractivity contribution is 7.14. The molecule has 1 heterocycles. The number of hydrogen-bond acceptors (Lipinski definition) is 4. The molecule has 0 aliphatic carbocycles. The van der Waals surface area contributed by atoms with Gasteiger partial charge in [-0.3, -0.25) is 0 Å². The second-order valence-corrected chi connectivity index (χ2v) is 2.80. The van der Waals surface area contributed by atoms with Crippen LogP contribution < -0.4 is 10.5 Å². The van der Waals surface area contributed by atoms with Gasteiger partial charge in [0.1, 0.15) is 22.4 Å². The Labute approximate surface area is 69.0 Å². The van der Waals surface area contributed by atoms with E-state index in [2.05, 4.69) is 0 Å². The maximum atomic E-state index is 8.61. The molecule has 2 N–H and O–H groups in total. The molecular weight excluding hydrogens is 160 g/mol. The number of ether oxygens (including phenoxy) is 1. The lowest BCUT2D eigenvalue weighted by Crippen LogP contribution is -1.92. The van der Waals surface area contributed by atoms with Crippen molar-refractivity contribution >= 4 is 16.3 Å². The standard InChI is InChI=1S/C7H8N2OS/c1-2-10-6-4-11-7(9)5(6)3-8/h4H,2,9H2,1H3. The van der Waals surface area contributed by atoms with Gasteiger partial charge < -0.3 is 10.5 Å². The molecule has 0 radical (unpaired) electrons. The van der Waals surface area contributed by atoms with Crippen molar-refractivity contribution in [3.8, 4) is 11.8 Å². The number of nitrogen functional groups attached to an aromatic ring is 1. The minimum Gasteiger partial charge on any atom is -0.492 e. The van der Waals surface area contributed by atoms with Crippen molar-refractivity contribution in [2.24, 2.45) is 0 Å². The van der Waals surface area contributed by atoms with Crippen molar-refractivity contribution in [2.75, 3.05) is 12.3 Å². The second kappa shape index (κ2) is 3.26. The Balaban J connectivity index is 2.98. The molecule has 0 atom stereocenters. The zero-order chi connectivity index (χ0) is 8.27. The molecule has 0 bridgehead atoms. The van der Waals surface area contributed by atoms with Crippen LogP contribution in [0.1, 0.15) is 12.5 Å². The van der Waals surface area contributed by atoms with Gasteiger partial charge in [-0.2, -0.15) is 5.26 Å². The van der Waals surface area contributed by atoms with Gasteiger partial charge in [0.05, 0.1) is 6.61 Å². The van der Waals surface area contributed by atoms with Gasteiger partial charge in [0.2, 0.25) is 0 Å². The van der Waals surface area contributed by atoms with Gasteiger partial charge in [-0.05, 0) is 6.92 Å². The number of rotatable bonds is 2. The Bertz CT molecular complexity index is 287. The summed E-state index contributed by atoms with van der Waals surface area (Å²) >= 11 is 1.33. The average molecular weight is 168 g/mol. The number of nitrogens with two attached hydrogens (primary N) is 1. The van der Waals surface area contributed by atoms with Crippen LogP contribution in [0, 0.1) is 11.3 Å². The summed E-state index contributed by atoms with van der Waals surface area (Å²) in [6, 6.07) is 1.99. The average Bonchev–Trinajstić information content (AvgIpc) is 2.33. The van der Waals surface area contributed by atoms with Crippen LogP contribution in [0.2, 0.25) is 0 Å². The monoisotopic (exact) mass is 168 g/mol. The predicted molar refractivity (Wildman–Crippen MR) is 44.6 cm³/mol. The molecule has 3 nitrogen and oxygen atoms in total. The van der Waals surface area contributed by atoms with Crippen molar-refractivity contribution in [1.29, 1.82) is 5.26 Å². The summed E-state index contributed by atoms with van der Waals surface area (Å²) in [6.45, 7) is 2.43. The number of anilines is 1. The first kappa shape index (κ1) is 7.89. The fraction of sp³-hybridized carbons (Fsp3) is 0.286. The lowest BCUT2D eigenvalue weighted by Gasteiger charge is -1.97. The van der Waals surface area contributed by atoms with Crippen LogP contribution in [-0.2, 0) is 0 Å². The summed E-state index contributed by atoms with van der Waals surface area (Å²) in [5.41, 5.74) is 5.95. The summed E-state index contributed by atoms with van der Waals surface area (Å²) < 4.78 is 5.16. The van der Waals surface area contributed by atoms with E-state index in [1.807, 2.05) is 13.0 Å². The minimum absolute atomic E-state index is 0.455. The normalized spacial score (nSPS) is 9.09. The molecule has 0 aromatic carbocycles. The molecule has 11 heavy (non-hydrogen) atoms. The molecular formula is C7H8N2OS. The summed E-state index contributed by atoms with van der Waals surface area (Å²) in [5.74, 6) is 0.595. The smallest absolute Gasteiger partial charge is 0.149 e. The van der Waals surface area contributed by atoms with Crippen molar-refractivity contribution in [1.82, 2.24) is 0 Å². The Morgan fingerprint density at radius 3 is 3.09 bits per heavy atom. The summed E-state index contributed by atoms with van der Waals surface area (Å²) in [7, 11) is 0. The topological polar surface area (TPSA) is 59.0 Å². The molecule has 0 aliphatic heterocycles. The minimum atomic E-state index is 0.455. The van der Waals surface area contributed by atoms with Gasteiger partial charge in [0.25, 0.3) is 0 Å². The lowest BCUT2D eigenvalue weighted by molar-refractivity contribution is 0.341. The lowest BCUT2D eigenvalue weighted by atomic mass is 10.3. The molecule has 0 unspecified atom stereocenters. The third kappa shape index (κ3) is 1.44. The molecule has 0 saturated carbocycles. The van der Waals surface area contributed by atoms with E-state index in [4.69, 9.17) is 15.7 Å². The van der Waals surface area contributed by atoms with Crippen LogP contribution in [0.4, 0.5) is 5.00 Å². The van der Waals surface area contributed by atoms with E-state index in [1.54, 1.807) is 5.38 Å². The van der Waals surface area contributed by atoms with E-state index in [1.165, 1.54) is 11.3 Å². The van der Waals surface area contributed by atoms with Crippen LogP contribution in [0.15, 0.2) is 5.38 Å². The van der Waals surface area contributed by atoms with Gasteiger partial charge in [-0.15, -0.1) is 11.3 Å². The van der Waals surface area contributed by atoms with Gasteiger partial charge in [-0.1, -0.05) is 0 Å². The van der Waals surface area contributed by atoms with Gasteiger partial charge in [-0.25, -0.2) is 0 Å². The summed E-state index contributed by atoms with van der Waals surface area (Å²) in [6.07, 6.45) is 0. The summed E-state index contributed by atoms with van der Waals surface area (Å²) in [4.78, 5) is 0. The van der Waals surface area contributed by atoms with Crippen molar-refractivity contribution in [3.05, 3.63) is 10.9 Å². The number of thiophene rings is 1. The Morgan fingerprint density at radius 2 is 2.55 bits per heavy atom. The zero-order valence-electron chi connectivity index (χ0n) is 6.13. The van der Waals surface area contributed by atoms with Gasteiger partial charge >= 0.3 is 0 Å². The highest BCUT2D eigenvalue weighted by Crippen LogP contribution is 2.30. The number of hydrogen-bond donors (Lipinski definition) is 1. The van der Waals surface area contributed by atoms with Gasteiger partial charge in [0, 0.05) is 5.38 Å². The predicted octanol–water partition coefficient (Wildman–Crippen LogP) is 1.60. The Kier molecular flexibility index (Phi) is 2.34. The molecule has 0 aliphatic rings. The second-order valence-electron chi connectivity index (χ2n) is 1.88. The van der Waals surface area contributed by atoms with Crippen LogP contribution in [0.3, 0.4) is 0 Å². The van der Waals surface area contributed by atoms with Gasteiger partial charge in [0.15, 0.2) is 0 Å². The molecule has 0 saturated heterocycles. The largest absolute Gasteiger partial charge is 0.492 e. The highest BCUT2D eigenvalue weighted by Gasteiger charge is 2.08. The Hall–Kier alpha value is -1.21. The quantitative estimate of drug-likeness (QED) is 0.729. The Morgan fingerprint density at radius 1 is 1.82 bits per heavy atom. The first-order valence-corrected chi connectivity index (χ1v) is 4.07. The molecule has 58 valence electrons. The van der Waals surface area contributed by atoms with Crippen LogP contribution in [-0.4, -0.2) is 6.61 Å². The van der Waals surface area contributed by atoms with Crippen molar-refractivity contribution < 1.29 is 4.74 Å². The first-order valence-electron chi connectivity index (χ1n) is 3.19. The maximum absolute atomic E-state index is 8.61. The van der Waals surface area contributed by atoms with Crippen molar-refractivity contribution in [3.63, 3.8) is 0 Å². The fourth-order valence-electron chi connectivity index (χ4n) is 0.728. The SMILES string of the molecule is CCOc1csc(N)c1C#N. The van der Waals surface area contributed by atoms with E-state index in [9.17, 15) is 0 Å². The molecule has 0 fully saturated rings. The van der Waals surface area contributed by atoms with Crippen LogP contribution in [0.5, 0.6) is 5.75 Å². The molecule has 1 rings (SSSR count). The molecule has 0 spiro atoms. The maximum Gasteiger partial charge on any atom is 0.149 e. The van der Waals surface area contributed by atoms with E-state index >= 15 is 0 Å². The number of nitrogens with zero attached hydrogens (tertiary/aromatic N) is 1. The molecule has 1 aromatic rings. The third-order valence-electron chi connectivity index (χ3n) is 1.20. The molecule has 1 aromatic heterocycles. The van der Waals surface area contributed by atoms with E-state index in [-0.39, 0.29) is 0 Å². The number of nitriles is 1. The fourth-order valence-corrected chi connectivity index (χ4v) is 1.41. The van der Waals surface area contributed by atoms with Crippen molar-refractivity contribution in [2.45, 2.75) is 6.92 Å². The van der Waals surface area contributed by atoms with E-state index in [0.29, 0.717) is 22.9 Å². The van der Waals surface area contributed by atoms with E-state index < -0.39 is 0 Å². The van der Waals surface area contributed by atoms with E-state index in [0.717, 1.165) is 0 Å².